The molecule has 1 amide bonds. The van der Waals surface area contributed by atoms with Gasteiger partial charge in [-0.05, 0) is 17.7 Å². The lowest BCUT2D eigenvalue weighted by atomic mass is 10.0. The first-order valence-corrected chi connectivity index (χ1v) is 9.43. The second-order valence-corrected chi connectivity index (χ2v) is 7.46. The predicted molar refractivity (Wildman–Crippen MR) is 97.3 cm³/mol. The average Bonchev–Trinajstić information content (AvgIpc) is 3.11. The normalized spacial score (nSPS) is 20.2. The Balaban J connectivity index is 1.64. The summed E-state index contributed by atoms with van der Waals surface area (Å²) >= 11 is 1.62. The maximum atomic E-state index is 13.2. The van der Waals surface area contributed by atoms with Crippen molar-refractivity contribution in [1.29, 1.82) is 0 Å². The number of hydrogen-bond acceptors (Lipinski definition) is 5. The van der Waals surface area contributed by atoms with E-state index in [9.17, 15) is 4.79 Å². The highest BCUT2D eigenvalue weighted by Crippen LogP contribution is 2.33. The molecular formula is C19H22N2O3S. The summed E-state index contributed by atoms with van der Waals surface area (Å²) in [6, 6.07) is 9.95. The van der Waals surface area contributed by atoms with E-state index in [0.29, 0.717) is 13.2 Å². The zero-order valence-electron chi connectivity index (χ0n) is 14.3. The molecule has 1 N–H and O–H groups in total. The largest absolute Gasteiger partial charge is 0.496 e. The lowest BCUT2D eigenvalue weighted by Gasteiger charge is -2.36. The van der Waals surface area contributed by atoms with Gasteiger partial charge >= 0.3 is 0 Å². The standard InChI is InChI=1S/C19H22N2O3S/c1-23-16-5-3-2-4-14(16)15-11-20-7-8-21(15)19(22)18-10-13-12-24-9-6-17(13)25-18/h2-5,10,15,20H,6-9,11-12H2,1H3. The highest BCUT2D eigenvalue weighted by molar-refractivity contribution is 7.14. The van der Waals surface area contributed by atoms with Gasteiger partial charge in [0.05, 0.1) is 31.2 Å². The number of carbonyl (C=O) groups is 1. The molecule has 0 spiro atoms. The van der Waals surface area contributed by atoms with Crippen LogP contribution in [0.25, 0.3) is 0 Å². The maximum absolute atomic E-state index is 13.2. The number of benzene rings is 1. The van der Waals surface area contributed by atoms with Crippen LogP contribution in [0.1, 0.15) is 31.7 Å². The van der Waals surface area contributed by atoms with Gasteiger partial charge in [-0.1, -0.05) is 18.2 Å². The number of thiophene rings is 1. The number of hydrogen-bond donors (Lipinski definition) is 1. The Morgan fingerprint density at radius 2 is 2.28 bits per heavy atom. The minimum absolute atomic E-state index is 0.0206. The quantitative estimate of drug-likeness (QED) is 0.916. The third-order valence-electron chi connectivity index (χ3n) is 4.84. The lowest BCUT2D eigenvalue weighted by molar-refractivity contribution is 0.0636. The Hall–Kier alpha value is -1.89. The van der Waals surface area contributed by atoms with E-state index in [4.69, 9.17) is 9.47 Å². The molecule has 2 aromatic rings. The van der Waals surface area contributed by atoms with E-state index in [-0.39, 0.29) is 11.9 Å². The number of fused-ring (bicyclic) bond motifs is 1. The number of nitrogens with zero attached hydrogens (tertiary/aromatic N) is 1. The van der Waals surface area contributed by atoms with Crippen LogP contribution in [-0.4, -0.2) is 44.2 Å². The molecule has 6 heteroatoms. The van der Waals surface area contributed by atoms with E-state index in [1.54, 1.807) is 18.4 Å². The predicted octanol–water partition coefficient (Wildman–Crippen LogP) is 2.62. The van der Waals surface area contributed by atoms with Gasteiger partial charge in [-0.3, -0.25) is 4.79 Å². The van der Waals surface area contributed by atoms with Gasteiger partial charge in [0.2, 0.25) is 0 Å². The van der Waals surface area contributed by atoms with Crippen LogP contribution in [0.4, 0.5) is 0 Å². The van der Waals surface area contributed by atoms with Crippen molar-refractivity contribution >= 4 is 17.2 Å². The molecule has 2 aliphatic rings. The summed E-state index contributed by atoms with van der Waals surface area (Å²) in [6.07, 6.45) is 0.908. The second kappa shape index (κ2) is 7.15. The van der Waals surface area contributed by atoms with Crippen LogP contribution in [0.2, 0.25) is 0 Å². The highest BCUT2D eigenvalue weighted by Gasteiger charge is 2.31. The molecule has 0 saturated carbocycles. The molecule has 0 bridgehead atoms. The van der Waals surface area contributed by atoms with Crippen molar-refractivity contribution in [2.75, 3.05) is 33.4 Å². The summed E-state index contributed by atoms with van der Waals surface area (Å²) < 4.78 is 11.0. The van der Waals surface area contributed by atoms with Crippen molar-refractivity contribution in [3.63, 3.8) is 0 Å². The molecule has 1 aromatic carbocycles. The van der Waals surface area contributed by atoms with E-state index in [1.165, 1.54) is 10.4 Å². The Morgan fingerprint density at radius 1 is 1.40 bits per heavy atom. The minimum Gasteiger partial charge on any atom is -0.496 e. The summed E-state index contributed by atoms with van der Waals surface area (Å²) in [5, 5.41) is 3.40. The number of methoxy groups -OCH3 is 1. The first-order chi connectivity index (χ1) is 12.3. The van der Waals surface area contributed by atoms with Crippen molar-refractivity contribution in [2.24, 2.45) is 0 Å². The molecule has 1 aromatic heterocycles. The van der Waals surface area contributed by atoms with Gasteiger partial charge in [-0.2, -0.15) is 0 Å². The fourth-order valence-corrected chi connectivity index (χ4v) is 4.67. The molecule has 2 aliphatic heterocycles. The number of nitrogens with one attached hydrogen (secondary N) is 1. The lowest BCUT2D eigenvalue weighted by Crippen LogP contribution is -2.48. The van der Waals surface area contributed by atoms with Gasteiger partial charge in [0.1, 0.15) is 5.75 Å². The van der Waals surface area contributed by atoms with Crippen molar-refractivity contribution in [1.82, 2.24) is 10.2 Å². The Kier molecular flexibility index (Phi) is 4.74. The Morgan fingerprint density at radius 3 is 3.12 bits per heavy atom. The van der Waals surface area contributed by atoms with E-state index in [2.05, 4.69) is 5.32 Å². The monoisotopic (exact) mass is 358 g/mol. The van der Waals surface area contributed by atoms with E-state index >= 15 is 0 Å². The molecule has 5 nitrogen and oxygen atoms in total. The maximum Gasteiger partial charge on any atom is 0.264 e. The fraction of sp³-hybridized carbons (Fsp3) is 0.421. The van der Waals surface area contributed by atoms with Gasteiger partial charge in [0.25, 0.3) is 5.91 Å². The number of ether oxygens (including phenoxy) is 2. The highest BCUT2D eigenvalue weighted by atomic mass is 32.1. The van der Waals surface area contributed by atoms with Crippen molar-refractivity contribution in [3.05, 3.63) is 51.2 Å². The number of para-hydroxylation sites is 1. The molecule has 0 radical (unpaired) electrons. The summed E-state index contributed by atoms with van der Waals surface area (Å²) in [7, 11) is 1.68. The van der Waals surface area contributed by atoms with Crippen molar-refractivity contribution < 1.29 is 14.3 Å². The van der Waals surface area contributed by atoms with Crippen LogP contribution in [0.5, 0.6) is 5.75 Å². The summed E-state index contributed by atoms with van der Waals surface area (Å²) in [4.78, 5) is 17.3. The number of carbonyl (C=O) groups excluding carboxylic acids is 1. The Labute approximate surface area is 151 Å². The first-order valence-electron chi connectivity index (χ1n) is 8.62. The summed E-state index contributed by atoms with van der Waals surface area (Å²) in [5.41, 5.74) is 2.22. The number of rotatable bonds is 3. The van der Waals surface area contributed by atoms with Crippen molar-refractivity contribution in [3.8, 4) is 5.75 Å². The van der Waals surface area contributed by atoms with Gasteiger partial charge < -0.3 is 19.7 Å². The van der Waals surface area contributed by atoms with Crippen LogP contribution in [-0.2, 0) is 17.8 Å². The topological polar surface area (TPSA) is 50.8 Å². The van der Waals surface area contributed by atoms with Gasteiger partial charge in [-0.25, -0.2) is 0 Å². The molecule has 1 unspecified atom stereocenters. The molecule has 4 rings (SSSR count). The molecular weight excluding hydrogens is 336 g/mol. The molecule has 1 saturated heterocycles. The molecule has 3 heterocycles. The zero-order chi connectivity index (χ0) is 17.2. The first kappa shape index (κ1) is 16.6. The summed E-state index contributed by atoms with van der Waals surface area (Å²) in [5.74, 6) is 0.935. The van der Waals surface area contributed by atoms with Crippen LogP contribution < -0.4 is 10.1 Å². The van der Waals surface area contributed by atoms with Crippen LogP contribution in [0, 0.1) is 0 Å². The molecule has 1 fully saturated rings. The zero-order valence-corrected chi connectivity index (χ0v) is 15.1. The molecule has 1 atom stereocenters. The minimum atomic E-state index is -0.0206. The van der Waals surface area contributed by atoms with E-state index in [0.717, 1.165) is 42.3 Å². The molecule has 0 aliphatic carbocycles. The van der Waals surface area contributed by atoms with Crippen molar-refractivity contribution in [2.45, 2.75) is 19.1 Å². The number of piperazine rings is 1. The molecule has 25 heavy (non-hydrogen) atoms. The van der Waals surface area contributed by atoms with E-state index in [1.807, 2.05) is 35.2 Å². The van der Waals surface area contributed by atoms with Gasteiger partial charge in [-0.15, -0.1) is 11.3 Å². The average molecular weight is 358 g/mol. The molecule has 132 valence electrons. The third kappa shape index (κ3) is 3.17. The fourth-order valence-electron chi connectivity index (χ4n) is 3.56. The summed E-state index contributed by atoms with van der Waals surface area (Å²) in [6.45, 7) is 3.61. The van der Waals surface area contributed by atoms with Gasteiger partial charge in [0.15, 0.2) is 0 Å². The second-order valence-electron chi connectivity index (χ2n) is 6.32. The van der Waals surface area contributed by atoms with Crippen LogP contribution in [0.15, 0.2) is 30.3 Å². The van der Waals surface area contributed by atoms with E-state index < -0.39 is 0 Å². The number of amides is 1. The van der Waals surface area contributed by atoms with Crippen LogP contribution in [0.3, 0.4) is 0 Å². The smallest absolute Gasteiger partial charge is 0.264 e. The van der Waals surface area contributed by atoms with Crippen LogP contribution >= 0.6 is 11.3 Å². The van der Waals surface area contributed by atoms with Gasteiger partial charge in [0, 0.05) is 36.5 Å². The third-order valence-corrected chi connectivity index (χ3v) is 6.07. The SMILES string of the molecule is COc1ccccc1C1CNCCN1C(=O)c1cc2c(s1)CCOC2. The Bertz CT molecular complexity index is 750.